The van der Waals surface area contributed by atoms with Crippen LogP contribution in [0, 0.1) is 5.92 Å². The second-order valence-corrected chi connectivity index (χ2v) is 9.61. The number of hydrogen-bond acceptors (Lipinski definition) is 4. The maximum Gasteiger partial charge on any atom is 0.129 e. The lowest BCUT2D eigenvalue weighted by Gasteiger charge is -2.45. The number of carbonyl (C=O) groups is 1. The normalized spacial score (nSPS) is 18.0. The van der Waals surface area contributed by atoms with Gasteiger partial charge in [0, 0.05) is 44.3 Å². The van der Waals surface area contributed by atoms with Crippen molar-refractivity contribution in [3.05, 3.63) is 65.9 Å². The first kappa shape index (κ1) is 37.9. The highest BCUT2D eigenvalue weighted by Gasteiger charge is 2.34. The molecule has 0 radical (unpaired) electrons. The van der Waals surface area contributed by atoms with Gasteiger partial charge in [-0.25, -0.2) is 0 Å². The number of likely N-dealkylation sites (tertiary alicyclic amines) is 1. The molecular weight excluding hydrogens is 466 g/mol. The molecule has 38 heavy (non-hydrogen) atoms. The van der Waals surface area contributed by atoms with Crippen LogP contribution in [0.15, 0.2) is 65.9 Å². The van der Waals surface area contributed by atoms with Crippen LogP contribution in [-0.4, -0.2) is 58.7 Å². The maximum absolute atomic E-state index is 11.7. The molecule has 2 aliphatic rings. The van der Waals surface area contributed by atoms with Gasteiger partial charge in [-0.05, 0) is 82.6 Å². The number of allylic oxidation sites excluding steroid dienone is 4. The highest BCUT2D eigenvalue weighted by Crippen LogP contribution is 2.40. The van der Waals surface area contributed by atoms with E-state index in [0.29, 0.717) is 12.5 Å². The topological polar surface area (TPSA) is 26.8 Å². The van der Waals surface area contributed by atoms with E-state index in [9.17, 15) is 4.79 Å². The van der Waals surface area contributed by atoms with Crippen molar-refractivity contribution in [1.82, 2.24) is 14.7 Å². The third-order valence-electron chi connectivity index (χ3n) is 7.07. The molecule has 2 heterocycles. The Hall–Kier alpha value is -2.29. The van der Waals surface area contributed by atoms with Gasteiger partial charge in [0.2, 0.25) is 0 Å². The second kappa shape index (κ2) is 20.6. The van der Waals surface area contributed by atoms with E-state index in [-0.39, 0.29) is 26.6 Å². The van der Waals surface area contributed by atoms with Crippen molar-refractivity contribution in [3.8, 4) is 0 Å². The molecule has 0 bridgehead atoms. The van der Waals surface area contributed by atoms with E-state index >= 15 is 0 Å². The first-order chi connectivity index (χ1) is 17.7. The molecule has 0 aromatic carbocycles. The Kier molecular flexibility index (Phi) is 20.6. The molecule has 0 aromatic heterocycles. The standard InChI is InChI=1S/C29H45N3O.2C2H6.CH4.H2/c1-9-17-31(18-10-2)27-20-30(21-27)19-13-12-14-29-25(7)24(6)26(8)32(29)28(22(4)11-3)16-15-23(5)33;2*1-2;;/h12-14,19,24,27-28H,3,8-10,15-18,20-21H2,1-2,4-7H3;2*1-2H3;1H4;1H/b14-12-,19-13+;;;;. The van der Waals surface area contributed by atoms with E-state index in [1.54, 1.807) is 6.92 Å². The smallest absolute Gasteiger partial charge is 0.129 e. The monoisotopic (exact) mass is 529 g/mol. The molecule has 2 unspecified atom stereocenters. The second-order valence-electron chi connectivity index (χ2n) is 9.61. The third-order valence-corrected chi connectivity index (χ3v) is 7.07. The van der Waals surface area contributed by atoms with Gasteiger partial charge < -0.3 is 14.6 Å². The minimum absolute atomic E-state index is 0. The van der Waals surface area contributed by atoms with Gasteiger partial charge in [0.05, 0.1) is 6.04 Å². The van der Waals surface area contributed by atoms with Crippen LogP contribution < -0.4 is 0 Å². The number of hydrogen-bond donors (Lipinski definition) is 0. The Balaban J connectivity index is -0.00000206. The van der Waals surface area contributed by atoms with E-state index in [4.69, 9.17) is 0 Å². The number of carbonyl (C=O) groups excluding carboxylic acids is 1. The minimum Gasteiger partial charge on any atom is -0.374 e. The molecule has 0 spiro atoms. The molecule has 4 nitrogen and oxygen atoms in total. The molecule has 0 amide bonds. The van der Waals surface area contributed by atoms with Crippen molar-refractivity contribution < 1.29 is 6.22 Å². The fraction of sp³-hybridized carbons (Fsp3) is 0.647. The lowest BCUT2D eigenvalue weighted by molar-refractivity contribution is -0.117. The molecule has 0 saturated carbocycles. The molecule has 0 aliphatic carbocycles. The molecule has 220 valence electrons. The molecular formula is C34H63N3O. The van der Waals surface area contributed by atoms with Crippen molar-refractivity contribution in [2.45, 2.75) is 114 Å². The van der Waals surface area contributed by atoms with Gasteiger partial charge in [-0.1, -0.05) is 75.1 Å². The Labute approximate surface area is 239 Å². The number of Topliss-reactive ketones (excluding diaryl/α,β-unsaturated/α-hetero) is 1. The fourth-order valence-electron chi connectivity index (χ4n) is 4.81. The van der Waals surface area contributed by atoms with Crippen LogP contribution in [0.4, 0.5) is 0 Å². The van der Waals surface area contributed by atoms with Crippen LogP contribution in [0.2, 0.25) is 0 Å². The Morgan fingerprint density at radius 2 is 1.68 bits per heavy atom. The van der Waals surface area contributed by atoms with Crippen LogP contribution in [0.25, 0.3) is 0 Å². The Morgan fingerprint density at radius 3 is 2.16 bits per heavy atom. The Bertz CT molecular complexity index is 839. The summed E-state index contributed by atoms with van der Waals surface area (Å²) in [5.41, 5.74) is 7.69. The van der Waals surface area contributed by atoms with Crippen molar-refractivity contribution in [1.29, 1.82) is 0 Å². The molecule has 4 heteroatoms. The first-order valence-electron chi connectivity index (χ1n) is 14.6. The van der Waals surface area contributed by atoms with Gasteiger partial charge in [-0.3, -0.25) is 4.90 Å². The van der Waals surface area contributed by atoms with E-state index in [2.05, 4.69) is 85.7 Å². The number of nitrogens with zero attached hydrogens (tertiary/aromatic N) is 3. The van der Waals surface area contributed by atoms with E-state index in [1.165, 1.54) is 37.2 Å². The average Bonchev–Trinajstić information content (AvgIpc) is 3.08. The molecule has 2 atom stereocenters. The zero-order chi connectivity index (χ0) is 28.5. The van der Waals surface area contributed by atoms with Crippen LogP contribution in [0.5, 0.6) is 0 Å². The van der Waals surface area contributed by atoms with Gasteiger partial charge in [0.25, 0.3) is 0 Å². The predicted octanol–water partition coefficient (Wildman–Crippen LogP) is 9.01. The van der Waals surface area contributed by atoms with Crippen LogP contribution in [-0.2, 0) is 4.79 Å². The summed E-state index contributed by atoms with van der Waals surface area (Å²) in [7, 11) is 0. The van der Waals surface area contributed by atoms with E-state index in [1.807, 2.05) is 34.6 Å². The summed E-state index contributed by atoms with van der Waals surface area (Å²) in [4.78, 5) is 19.0. The summed E-state index contributed by atoms with van der Waals surface area (Å²) in [6.45, 7) is 33.5. The molecule has 1 saturated heterocycles. The summed E-state index contributed by atoms with van der Waals surface area (Å²) in [5, 5.41) is 0. The van der Waals surface area contributed by atoms with Gasteiger partial charge in [-0.15, -0.1) is 5.73 Å². The quantitative estimate of drug-likeness (QED) is 0.176. The van der Waals surface area contributed by atoms with Gasteiger partial charge >= 0.3 is 0 Å². The highest BCUT2D eigenvalue weighted by atomic mass is 16.1. The molecule has 0 N–H and O–H groups in total. The minimum atomic E-state index is 0. The highest BCUT2D eigenvalue weighted by molar-refractivity contribution is 5.75. The summed E-state index contributed by atoms with van der Waals surface area (Å²) in [5.74, 6) is 0.491. The summed E-state index contributed by atoms with van der Waals surface area (Å²) in [6.07, 6.45) is 12.4. The van der Waals surface area contributed by atoms with Gasteiger partial charge in [-0.2, -0.15) is 0 Å². The summed E-state index contributed by atoms with van der Waals surface area (Å²) < 4.78 is 0. The third kappa shape index (κ3) is 10.8. The molecule has 1 fully saturated rings. The van der Waals surface area contributed by atoms with Crippen molar-refractivity contribution in [3.63, 3.8) is 0 Å². The average molecular weight is 530 g/mol. The van der Waals surface area contributed by atoms with Crippen LogP contribution >= 0.6 is 0 Å². The summed E-state index contributed by atoms with van der Waals surface area (Å²) >= 11 is 0. The molecule has 0 aromatic rings. The number of ketones is 1. The zero-order valence-corrected chi connectivity index (χ0v) is 25.9. The SMILES string of the molecule is C.C=C=C(C)C(CCC(C)=O)N1C(=C)C(C)C(C)=C1/C=C\C=C\N1CC(N(CCC)CCC)C1.CC.CC.[HH]. The van der Waals surface area contributed by atoms with Gasteiger partial charge in [0.15, 0.2) is 0 Å². The Morgan fingerprint density at radius 1 is 1.13 bits per heavy atom. The zero-order valence-electron chi connectivity index (χ0n) is 25.9. The van der Waals surface area contributed by atoms with Crippen LogP contribution in [0.1, 0.15) is 104 Å². The van der Waals surface area contributed by atoms with Crippen molar-refractivity contribution in [2.24, 2.45) is 5.92 Å². The molecule has 2 aliphatic heterocycles. The maximum atomic E-state index is 11.7. The van der Waals surface area contributed by atoms with Crippen LogP contribution in [0.3, 0.4) is 0 Å². The lowest BCUT2D eigenvalue weighted by atomic mass is 9.99. The first-order valence-corrected chi connectivity index (χ1v) is 14.6. The van der Waals surface area contributed by atoms with Gasteiger partial charge in [0.1, 0.15) is 5.78 Å². The predicted molar refractivity (Wildman–Crippen MR) is 172 cm³/mol. The largest absolute Gasteiger partial charge is 0.374 e. The van der Waals surface area contributed by atoms with E-state index < -0.39 is 0 Å². The number of rotatable bonds is 13. The van der Waals surface area contributed by atoms with Crippen molar-refractivity contribution in [2.75, 3.05) is 26.2 Å². The summed E-state index contributed by atoms with van der Waals surface area (Å²) in [6, 6.07) is 0.746. The van der Waals surface area contributed by atoms with E-state index in [0.717, 1.165) is 30.8 Å². The van der Waals surface area contributed by atoms with Crippen molar-refractivity contribution >= 4 is 5.78 Å². The molecule has 2 rings (SSSR count). The lowest BCUT2D eigenvalue weighted by Crippen LogP contribution is -2.57. The fourth-order valence-corrected chi connectivity index (χ4v) is 4.81.